The maximum atomic E-state index is 11.2. The minimum absolute atomic E-state index is 0.132. The predicted molar refractivity (Wildman–Crippen MR) is 73.4 cm³/mol. The first-order chi connectivity index (χ1) is 9.93. The largest absolute Gasteiger partial charge is 0.394 e. The van der Waals surface area contributed by atoms with Gasteiger partial charge in [-0.3, -0.25) is 20.2 Å². The van der Waals surface area contributed by atoms with Crippen LogP contribution in [0.5, 0.6) is 0 Å². The third kappa shape index (κ3) is 3.09. The molecule has 1 aromatic rings. The van der Waals surface area contributed by atoms with E-state index >= 15 is 0 Å². The van der Waals surface area contributed by atoms with Gasteiger partial charge >= 0.3 is 0 Å². The van der Waals surface area contributed by atoms with E-state index in [4.69, 9.17) is 9.84 Å². The second kappa shape index (κ2) is 6.02. The molecule has 21 heavy (non-hydrogen) atoms. The maximum absolute atomic E-state index is 11.2. The molecule has 2 atom stereocenters. The quantitative estimate of drug-likeness (QED) is 0.652. The standard InChI is InChI=1S/C12H15N3O6/c1-8-7-21-10(6-16)5-13(8)11-3-2-9(14(17)18)4-12(11)15(19)20/h2-4,8,10,16H,5-7H2,1H3. The van der Waals surface area contributed by atoms with Crippen molar-refractivity contribution in [2.45, 2.75) is 19.1 Å². The molecule has 9 heteroatoms. The number of aliphatic hydroxyl groups is 1. The zero-order valence-corrected chi connectivity index (χ0v) is 11.3. The summed E-state index contributed by atoms with van der Waals surface area (Å²) in [4.78, 5) is 22.3. The van der Waals surface area contributed by atoms with Crippen molar-refractivity contribution in [2.24, 2.45) is 0 Å². The molecule has 0 bridgehead atoms. The fraction of sp³-hybridized carbons (Fsp3) is 0.500. The molecular weight excluding hydrogens is 282 g/mol. The first kappa shape index (κ1) is 15.1. The Hall–Kier alpha value is -2.26. The van der Waals surface area contributed by atoms with Crippen LogP contribution in [0.3, 0.4) is 0 Å². The van der Waals surface area contributed by atoms with Crippen molar-refractivity contribution in [3.8, 4) is 0 Å². The number of nitrogens with zero attached hydrogens (tertiary/aromatic N) is 3. The van der Waals surface area contributed by atoms with Crippen LogP contribution in [0.1, 0.15) is 6.92 Å². The lowest BCUT2D eigenvalue weighted by atomic mass is 10.1. The lowest BCUT2D eigenvalue weighted by molar-refractivity contribution is -0.393. The van der Waals surface area contributed by atoms with Crippen molar-refractivity contribution in [1.29, 1.82) is 0 Å². The minimum Gasteiger partial charge on any atom is -0.394 e. The fourth-order valence-corrected chi connectivity index (χ4v) is 2.28. The summed E-state index contributed by atoms with van der Waals surface area (Å²) in [6.07, 6.45) is -0.434. The Labute approximate surface area is 120 Å². The molecule has 0 amide bonds. The molecule has 1 aliphatic rings. The van der Waals surface area contributed by atoms with E-state index in [9.17, 15) is 20.2 Å². The van der Waals surface area contributed by atoms with Crippen LogP contribution in [0.25, 0.3) is 0 Å². The van der Waals surface area contributed by atoms with Crippen molar-refractivity contribution in [1.82, 2.24) is 0 Å². The summed E-state index contributed by atoms with van der Waals surface area (Å²) in [5.74, 6) is 0. The van der Waals surface area contributed by atoms with Gasteiger partial charge in [0.05, 0.1) is 35.2 Å². The van der Waals surface area contributed by atoms with Crippen LogP contribution in [0.2, 0.25) is 0 Å². The molecule has 0 spiro atoms. The zero-order chi connectivity index (χ0) is 15.6. The Morgan fingerprint density at radius 2 is 2.10 bits per heavy atom. The molecule has 2 unspecified atom stereocenters. The predicted octanol–water partition coefficient (Wildman–Crippen LogP) is 1.09. The van der Waals surface area contributed by atoms with E-state index in [1.807, 2.05) is 6.92 Å². The topological polar surface area (TPSA) is 119 Å². The number of nitro benzene ring substituents is 2. The van der Waals surface area contributed by atoms with Crippen molar-refractivity contribution in [3.05, 3.63) is 38.4 Å². The van der Waals surface area contributed by atoms with Gasteiger partial charge in [0.2, 0.25) is 0 Å². The van der Waals surface area contributed by atoms with E-state index < -0.39 is 16.0 Å². The van der Waals surface area contributed by atoms with Crippen molar-refractivity contribution in [3.63, 3.8) is 0 Å². The summed E-state index contributed by atoms with van der Waals surface area (Å²) < 4.78 is 5.38. The smallest absolute Gasteiger partial charge is 0.299 e. The first-order valence-corrected chi connectivity index (χ1v) is 6.36. The van der Waals surface area contributed by atoms with Crippen LogP contribution in [0.15, 0.2) is 18.2 Å². The molecule has 1 aliphatic heterocycles. The van der Waals surface area contributed by atoms with Gasteiger partial charge in [-0.1, -0.05) is 0 Å². The number of rotatable bonds is 4. The molecule has 1 N–H and O–H groups in total. The van der Waals surface area contributed by atoms with Crippen LogP contribution in [0.4, 0.5) is 17.1 Å². The van der Waals surface area contributed by atoms with Crippen molar-refractivity contribution in [2.75, 3.05) is 24.7 Å². The number of morpholine rings is 1. The number of hydrogen-bond donors (Lipinski definition) is 1. The van der Waals surface area contributed by atoms with E-state index in [0.29, 0.717) is 12.3 Å². The van der Waals surface area contributed by atoms with Crippen LogP contribution >= 0.6 is 0 Å². The zero-order valence-electron chi connectivity index (χ0n) is 11.3. The highest BCUT2D eigenvalue weighted by Gasteiger charge is 2.31. The van der Waals surface area contributed by atoms with Crippen LogP contribution < -0.4 is 4.90 Å². The van der Waals surface area contributed by atoms with Gasteiger partial charge in [0.15, 0.2) is 0 Å². The van der Waals surface area contributed by atoms with Gasteiger partial charge in [-0.15, -0.1) is 0 Å². The Bertz CT molecular complexity index is 564. The third-order valence-electron chi connectivity index (χ3n) is 3.39. The van der Waals surface area contributed by atoms with Gasteiger partial charge in [-0.2, -0.15) is 0 Å². The van der Waals surface area contributed by atoms with Crippen LogP contribution in [-0.4, -0.2) is 46.9 Å². The van der Waals surface area contributed by atoms with E-state index in [2.05, 4.69) is 0 Å². The van der Waals surface area contributed by atoms with Gasteiger partial charge < -0.3 is 14.7 Å². The van der Waals surface area contributed by atoms with Crippen LogP contribution in [0, 0.1) is 20.2 Å². The molecule has 1 aromatic carbocycles. The highest BCUT2D eigenvalue weighted by molar-refractivity contribution is 5.67. The van der Waals surface area contributed by atoms with Gasteiger partial charge in [-0.05, 0) is 13.0 Å². The van der Waals surface area contributed by atoms with E-state index in [0.717, 1.165) is 6.07 Å². The Morgan fingerprint density at radius 3 is 2.67 bits per heavy atom. The minimum atomic E-state index is -0.671. The summed E-state index contributed by atoms with van der Waals surface area (Å²) in [6.45, 7) is 2.25. The monoisotopic (exact) mass is 297 g/mol. The summed E-state index contributed by atoms with van der Waals surface area (Å²) in [7, 11) is 0. The fourth-order valence-electron chi connectivity index (χ4n) is 2.28. The lowest BCUT2D eigenvalue weighted by Gasteiger charge is -2.38. The molecule has 0 aromatic heterocycles. The first-order valence-electron chi connectivity index (χ1n) is 6.36. The summed E-state index contributed by atoms with van der Waals surface area (Å²) in [5, 5.41) is 31.1. The lowest BCUT2D eigenvalue weighted by Crippen LogP contribution is -2.49. The molecule has 1 heterocycles. The maximum Gasteiger partial charge on any atom is 0.299 e. The van der Waals surface area contributed by atoms with Crippen molar-refractivity contribution >= 4 is 17.1 Å². The molecule has 2 rings (SSSR count). The van der Waals surface area contributed by atoms with E-state index in [-0.39, 0.29) is 30.6 Å². The molecule has 1 fully saturated rings. The molecular formula is C12H15N3O6. The Balaban J connectivity index is 2.41. The highest BCUT2D eigenvalue weighted by atomic mass is 16.6. The SMILES string of the molecule is CC1COC(CO)CN1c1ccc([N+](=O)[O-])cc1[N+](=O)[O-]. The Kier molecular flexibility index (Phi) is 4.34. The summed E-state index contributed by atoms with van der Waals surface area (Å²) in [5.41, 5.74) is -0.362. The average molecular weight is 297 g/mol. The number of non-ortho nitro benzene ring substituents is 1. The van der Waals surface area contributed by atoms with Gasteiger partial charge in [0, 0.05) is 18.7 Å². The number of ether oxygens (including phenoxy) is 1. The normalized spacial score (nSPS) is 22.1. The summed E-state index contributed by atoms with van der Waals surface area (Å²) in [6, 6.07) is 3.42. The summed E-state index contributed by atoms with van der Waals surface area (Å²) >= 11 is 0. The van der Waals surface area contributed by atoms with Gasteiger partial charge in [-0.25, -0.2) is 0 Å². The Morgan fingerprint density at radius 1 is 1.38 bits per heavy atom. The number of benzene rings is 1. The number of anilines is 1. The molecule has 114 valence electrons. The van der Waals surface area contributed by atoms with E-state index in [1.165, 1.54) is 12.1 Å². The van der Waals surface area contributed by atoms with E-state index in [1.54, 1.807) is 4.90 Å². The highest BCUT2D eigenvalue weighted by Crippen LogP contribution is 2.34. The second-order valence-corrected chi connectivity index (χ2v) is 4.83. The molecule has 1 saturated heterocycles. The number of nitro groups is 2. The second-order valence-electron chi connectivity index (χ2n) is 4.83. The van der Waals surface area contributed by atoms with Gasteiger partial charge in [0.25, 0.3) is 11.4 Å². The van der Waals surface area contributed by atoms with Crippen LogP contribution in [-0.2, 0) is 4.74 Å². The molecule has 0 radical (unpaired) electrons. The third-order valence-corrected chi connectivity index (χ3v) is 3.39. The molecule has 9 nitrogen and oxygen atoms in total. The number of aliphatic hydroxyl groups excluding tert-OH is 1. The molecule has 0 aliphatic carbocycles. The molecule has 0 saturated carbocycles. The average Bonchev–Trinajstić information content (AvgIpc) is 2.47. The van der Waals surface area contributed by atoms with Crippen molar-refractivity contribution < 1.29 is 19.7 Å². The van der Waals surface area contributed by atoms with Gasteiger partial charge in [0.1, 0.15) is 5.69 Å². The number of hydrogen-bond acceptors (Lipinski definition) is 7.